The molecule has 1 unspecified atom stereocenters. The molecule has 0 spiro atoms. The Bertz CT molecular complexity index is 701. The van der Waals surface area contributed by atoms with Gasteiger partial charge in [0.25, 0.3) is 0 Å². The molecule has 3 rings (SSSR count). The summed E-state index contributed by atoms with van der Waals surface area (Å²) in [5.74, 6) is -1.80. The monoisotopic (exact) mass is 361 g/mol. The van der Waals surface area contributed by atoms with Gasteiger partial charge >= 0.3 is 133 Å². The van der Waals surface area contributed by atoms with Crippen molar-refractivity contribution in [3.05, 3.63) is 34.9 Å². The van der Waals surface area contributed by atoms with E-state index in [1.165, 1.54) is 0 Å². The zero-order valence-electron chi connectivity index (χ0n) is 12.0. The van der Waals surface area contributed by atoms with Crippen LogP contribution < -0.4 is 5.32 Å². The number of nitrogens with one attached hydrogen (secondary N) is 1. The summed E-state index contributed by atoms with van der Waals surface area (Å²) < 4.78 is 0. The van der Waals surface area contributed by atoms with Gasteiger partial charge in [-0.15, -0.1) is 0 Å². The third-order valence-corrected chi connectivity index (χ3v) is 5.26. The van der Waals surface area contributed by atoms with Crippen molar-refractivity contribution in [1.29, 1.82) is 0 Å². The molecule has 7 heteroatoms. The van der Waals surface area contributed by atoms with Gasteiger partial charge in [0.1, 0.15) is 0 Å². The van der Waals surface area contributed by atoms with Crippen molar-refractivity contribution >= 4 is 39.4 Å². The van der Waals surface area contributed by atoms with Gasteiger partial charge in [-0.25, -0.2) is 0 Å². The van der Waals surface area contributed by atoms with E-state index in [0.29, 0.717) is 11.1 Å². The molecular formula is C15H14AsN2O4. The summed E-state index contributed by atoms with van der Waals surface area (Å²) in [7, 11) is 0. The fourth-order valence-corrected chi connectivity index (χ4v) is 4.15. The van der Waals surface area contributed by atoms with Gasteiger partial charge in [-0.05, 0) is 0 Å². The Labute approximate surface area is 133 Å². The van der Waals surface area contributed by atoms with Crippen LogP contribution in [0.5, 0.6) is 0 Å². The molecule has 0 aromatic heterocycles. The van der Waals surface area contributed by atoms with E-state index in [1.54, 1.807) is 12.1 Å². The number of amides is 4. The molecule has 2 aliphatic rings. The zero-order valence-corrected chi connectivity index (χ0v) is 13.8. The molecule has 22 heavy (non-hydrogen) atoms. The van der Waals surface area contributed by atoms with Crippen molar-refractivity contribution in [1.82, 2.24) is 10.2 Å². The summed E-state index contributed by atoms with van der Waals surface area (Å²) >= 11 is 0.0720. The molecule has 1 aromatic carbocycles. The summed E-state index contributed by atoms with van der Waals surface area (Å²) in [6, 6.07) is 4.35. The van der Waals surface area contributed by atoms with Crippen LogP contribution in [0.2, 0.25) is 5.71 Å². The first-order chi connectivity index (χ1) is 10.5. The summed E-state index contributed by atoms with van der Waals surface area (Å²) in [5.41, 5.74) is 3.75. The molecule has 6 nitrogen and oxygen atoms in total. The van der Waals surface area contributed by atoms with Gasteiger partial charge in [0, 0.05) is 0 Å². The number of hydrogen-bond acceptors (Lipinski definition) is 4. The first-order valence-electron chi connectivity index (χ1n) is 6.93. The van der Waals surface area contributed by atoms with Gasteiger partial charge in [-0.2, -0.15) is 0 Å². The third kappa shape index (κ3) is 2.28. The normalized spacial score (nSPS) is 21.7. The molecule has 1 radical (unpaired) electrons. The molecular weight excluding hydrogens is 347 g/mol. The van der Waals surface area contributed by atoms with Crippen molar-refractivity contribution in [2.24, 2.45) is 0 Å². The summed E-state index contributed by atoms with van der Waals surface area (Å²) in [6.07, 6.45) is 0.321. The van der Waals surface area contributed by atoms with E-state index in [4.69, 9.17) is 0 Å². The molecule has 0 saturated carbocycles. The van der Waals surface area contributed by atoms with Gasteiger partial charge in [-0.1, -0.05) is 0 Å². The van der Waals surface area contributed by atoms with Crippen LogP contribution in [0.1, 0.15) is 39.1 Å². The summed E-state index contributed by atoms with van der Waals surface area (Å²) in [4.78, 5) is 49.4. The minimum absolute atomic E-state index is 0.0720. The molecule has 1 saturated heterocycles. The van der Waals surface area contributed by atoms with Crippen LogP contribution in [0.15, 0.2) is 18.2 Å². The van der Waals surface area contributed by atoms with Gasteiger partial charge in [0.15, 0.2) is 0 Å². The topological polar surface area (TPSA) is 83.6 Å². The Morgan fingerprint density at radius 3 is 2.68 bits per heavy atom. The average Bonchev–Trinajstić information content (AvgIpc) is 2.73. The van der Waals surface area contributed by atoms with E-state index in [0.717, 1.165) is 15.7 Å². The quantitative estimate of drug-likeness (QED) is 0.622. The molecule has 1 N–H and O–H groups in total. The van der Waals surface area contributed by atoms with Crippen molar-refractivity contribution < 1.29 is 19.2 Å². The van der Waals surface area contributed by atoms with Crippen LogP contribution in [0, 0.1) is 0 Å². The predicted molar refractivity (Wildman–Crippen MR) is 78.4 cm³/mol. The second-order valence-corrected chi connectivity index (χ2v) is 7.25. The number of imide groups is 2. The van der Waals surface area contributed by atoms with Crippen LogP contribution in [0.25, 0.3) is 0 Å². The number of hydrogen-bond donors (Lipinski definition) is 1. The number of rotatable bonds is 3. The molecule has 2 aliphatic heterocycles. The number of piperidine rings is 1. The Morgan fingerprint density at radius 1 is 1.23 bits per heavy atom. The SMILES string of the molecule is C[As]Cc1cccc2c1C(=O)N(C1CCC(=O)NC1=O)C2=O. The minimum atomic E-state index is -0.896. The van der Waals surface area contributed by atoms with E-state index >= 15 is 0 Å². The molecule has 4 amide bonds. The van der Waals surface area contributed by atoms with Gasteiger partial charge in [0.05, 0.1) is 0 Å². The first-order valence-corrected chi connectivity index (χ1v) is 10.1. The van der Waals surface area contributed by atoms with Crippen LogP contribution in [0.4, 0.5) is 0 Å². The molecule has 1 atom stereocenters. The number of nitrogens with zero attached hydrogens (tertiary/aromatic N) is 1. The van der Waals surface area contributed by atoms with Crippen molar-refractivity contribution in [2.75, 3.05) is 0 Å². The van der Waals surface area contributed by atoms with Crippen LogP contribution >= 0.6 is 0 Å². The molecule has 113 valence electrons. The van der Waals surface area contributed by atoms with E-state index in [-0.39, 0.29) is 34.5 Å². The average molecular weight is 361 g/mol. The zero-order chi connectivity index (χ0) is 15.9. The van der Waals surface area contributed by atoms with Crippen LogP contribution in [-0.4, -0.2) is 50.3 Å². The number of fused-ring (bicyclic) bond motifs is 1. The van der Waals surface area contributed by atoms with Gasteiger partial charge in [-0.3, -0.25) is 0 Å². The number of carbonyl (C=O) groups excluding carboxylic acids is 4. The maximum absolute atomic E-state index is 12.7. The maximum atomic E-state index is 12.7. The summed E-state index contributed by atoms with van der Waals surface area (Å²) in [6.45, 7) is 0. The van der Waals surface area contributed by atoms with Crippen molar-refractivity contribution in [2.45, 2.75) is 29.8 Å². The van der Waals surface area contributed by atoms with E-state index in [1.807, 2.05) is 6.07 Å². The molecule has 0 aliphatic carbocycles. The standard InChI is InChI=1S/C15H14AsN2O4/c1-16-7-8-3-2-4-9-12(8)15(22)18(14(9)21)10-5-6-11(19)17-13(10)20/h2-4,10H,5-7H2,1H3,(H,17,19,20). The van der Waals surface area contributed by atoms with E-state index in [9.17, 15) is 19.2 Å². The third-order valence-electron chi connectivity index (χ3n) is 3.88. The number of carbonyl (C=O) groups is 4. The van der Waals surface area contributed by atoms with E-state index < -0.39 is 23.8 Å². The Morgan fingerprint density at radius 2 is 2.00 bits per heavy atom. The first kappa shape index (κ1) is 15.0. The van der Waals surface area contributed by atoms with Crippen molar-refractivity contribution in [3.8, 4) is 0 Å². The fourth-order valence-electron chi connectivity index (χ4n) is 2.89. The Kier molecular flexibility index (Phi) is 3.87. The second kappa shape index (κ2) is 5.69. The Balaban J connectivity index is 1.98. The Hall–Kier alpha value is -1.94. The van der Waals surface area contributed by atoms with Crippen molar-refractivity contribution in [3.63, 3.8) is 0 Å². The molecule has 2 heterocycles. The van der Waals surface area contributed by atoms with Crippen LogP contribution in [-0.2, 0) is 14.8 Å². The predicted octanol–water partition coefficient (Wildman–Crippen LogP) is 0.340. The second-order valence-electron chi connectivity index (χ2n) is 5.26. The summed E-state index contributed by atoms with van der Waals surface area (Å²) in [5, 5.41) is 2.99. The number of benzene rings is 1. The van der Waals surface area contributed by atoms with Crippen LogP contribution in [0.3, 0.4) is 0 Å². The van der Waals surface area contributed by atoms with Gasteiger partial charge in [0.2, 0.25) is 0 Å². The fraction of sp³-hybridized carbons (Fsp3) is 0.333. The van der Waals surface area contributed by atoms with Gasteiger partial charge < -0.3 is 0 Å². The molecule has 1 aromatic rings. The van der Waals surface area contributed by atoms with E-state index in [2.05, 4.69) is 11.0 Å². The molecule has 0 bridgehead atoms. The molecule has 1 fully saturated rings.